The molecule has 27 heavy (non-hydrogen) atoms. The molecule has 6 heteroatoms. The van der Waals surface area contributed by atoms with E-state index in [1.54, 1.807) is 17.2 Å². The second-order valence-electron chi connectivity index (χ2n) is 6.91. The second-order valence-corrected chi connectivity index (χ2v) is 8.16. The smallest absolute Gasteiger partial charge is 0.254 e. The van der Waals surface area contributed by atoms with E-state index in [4.69, 9.17) is 4.98 Å². The fourth-order valence-electron chi connectivity index (χ4n) is 3.23. The van der Waals surface area contributed by atoms with Crippen molar-refractivity contribution in [3.05, 3.63) is 70.2 Å². The van der Waals surface area contributed by atoms with Crippen LogP contribution in [0.1, 0.15) is 29.0 Å². The number of fused-ring (bicyclic) bond motifs is 1. The molecule has 1 amide bonds. The molecule has 4 rings (SSSR count). The molecule has 0 unspecified atom stereocenters. The van der Waals surface area contributed by atoms with Gasteiger partial charge < -0.3 is 9.47 Å². The van der Waals surface area contributed by atoms with Crippen LogP contribution in [0.3, 0.4) is 0 Å². The topological polar surface area (TPSA) is 51.0 Å². The Kier molecular flexibility index (Phi) is 5.24. The molecule has 0 saturated heterocycles. The van der Waals surface area contributed by atoms with Crippen LogP contribution in [0.2, 0.25) is 0 Å². The zero-order valence-electron chi connectivity index (χ0n) is 15.0. The molecule has 138 valence electrons. The molecular formula is C21H21IN4O. The van der Waals surface area contributed by atoms with Gasteiger partial charge in [-0.25, -0.2) is 9.97 Å². The minimum atomic E-state index is -0.00796. The van der Waals surface area contributed by atoms with E-state index in [0.717, 1.165) is 27.1 Å². The van der Waals surface area contributed by atoms with Crippen molar-refractivity contribution in [2.75, 3.05) is 6.54 Å². The SMILES string of the molecule is C=CCN(Cc1nc2cccnc2n1CC1CC1)C(=O)c1cccc(I)c1. The second kappa shape index (κ2) is 7.80. The summed E-state index contributed by atoms with van der Waals surface area (Å²) < 4.78 is 3.23. The van der Waals surface area contributed by atoms with Crippen molar-refractivity contribution < 1.29 is 4.79 Å². The average Bonchev–Trinajstić information content (AvgIpc) is 3.43. The van der Waals surface area contributed by atoms with Gasteiger partial charge in [0.15, 0.2) is 5.65 Å². The number of benzene rings is 1. The van der Waals surface area contributed by atoms with Crippen LogP contribution in [0.15, 0.2) is 55.3 Å². The highest BCUT2D eigenvalue weighted by Gasteiger charge is 2.26. The Labute approximate surface area is 172 Å². The van der Waals surface area contributed by atoms with Crippen molar-refractivity contribution in [3.8, 4) is 0 Å². The van der Waals surface area contributed by atoms with E-state index in [0.29, 0.717) is 24.6 Å². The van der Waals surface area contributed by atoms with Gasteiger partial charge in [0, 0.05) is 28.4 Å². The molecule has 2 heterocycles. The third-order valence-corrected chi connectivity index (χ3v) is 5.43. The van der Waals surface area contributed by atoms with Gasteiger partial charge in [0.1, 0.15) is 11.3 Å². The first-order chi connectivity index (χ1) is 13.2. The van der Waals surface area contributed by atoms with Crippen LogP contribution in [0.4, 0.5) is 0 Å². The first-order valence-electron chi connectivity index (χ1n) is 9.11. The van der Waals surface area contributed by atoms with Crippen molar-refractivity contribution in [2.45, 2.75) is 25.9 Å². The lowest BCUT2D eigenvalue weighted by Crippen LogP contribution is -2.32. The summed E-state index contributed by atoms with van der Waals surface area (Å²) in [6.45, 7) is 5.66. The number of imidazole rings is 1. The molecule has 2 aromatic heterocycles. The molecular weight excluding hydrogens is 451 g/mol. The Hall–Kier alpha value is -2.22. The molecule has 0 atom stereocenters. The molecule has 1 aromatic carbocycles. The summed E-state index contributed by atoms with van der Waals surface area (Å²) in [4.78, 5) is 24.2. The minimum Gasteiger partial charge on any atom is -0.327 e. The van der Waals surface area contributed by atoms with Crippen LogP contribution in [-0.4, -0.2) is 31.9 Å². The summed E-state index contributed by atoms with van der Waals surface area (Å²) in [5, 5.41) is 0. The van der Waals surface area contributed by atoms with Crippen LogP contribution in [-0.2, 0) is 13.1 Å². The molecule has 0 spiro atoms. The monoisotopic (exact) mass is 472 g/mol. The van der Waals surface area contributed by atoms with E-state index >= 15 is 0 Å². The van der Waals surface area contributed by atoms with E-state index in [-0.39, 0.29) is 5.91 Å². The van der Waals surface area contributed by atoms with Gasteiger partial charge >= 0.3 is 0 Å². The molecule has 0 radical (unpaired) electrons. The first kappa shape index (κ1) is 18.2. The standard InChI is InChI=1S/C21H21IN4O/c1-2-11-25(21(27)16-5-3-6-17(22)12-16)14-19-24-18-7-4-10-23-20(18)26(19)13-15-8-9-15/h2-7,10,12,15H,1,8-9,11,13-14H2. The number of amides is 1. The predicted octanol–water partition coefficient (Wildman–Crippen LogP) is 4.27. The highest BCUT2D eigenvalue weighted by atomic mass is 127. The number of aromatic nitrogens is 3. The summed E-state index contributed by atoms with van der Waals surface area (Å²) in [5.74, 6) is 1.57. The summed E-state index contributed by atoms with van der Waals surface area (Å²) in [6, 6.07) is 11.5. The molecule has 5 nitrogen and oxygen atoms in total. The Balaban J connectivity index is 1.67. The summed E-state index contributed by atoms with van der Waals surface area (Å²) in [6.07, 6.45) is 6.07. The van der Waals surface area contributed by atoms with E-state index < -0.39 is 0 Å². The van der Waals surface area contributed by atoms with Gasteiger partial charge in [0.05, 0.1) is 6.54 Å². The Bertz CT molecular complexity index is 993. The van der Waals surface area contributed by atoms with Crippen molar-refractivity contribution in [3.63, 3.8) is 0 Å². The molecule has 3 aromatic rings. The third-order valence-electron chi connectivity index (χ3n) is 4.76. The zero-order chi connectivity index (χ0) is 18.8. The fraction of sp³-hybridized carbons (Fsp3) is 0.286. The average molecular weight is 472 g/mol. The molecule has 1 fully saturated rings. The normalized spacial score (nSPS) is 13.7. The lowest BCUT2D eigenvalue weighted by molar-refractivity contribution is 0.0757. The number of pyridine rings is 1. The predicted molar refractivity (Wildman–Crippen MR) is 114 cm³/mol. The number of hydrogen-bond acceptors (Lipinski definition) is 3. The number of carbonyl (C=O) groups is 1. The van der Waals surface area contributed by atoms with E-state index in [9.17, 15) is 4.79 Å². The maximum Gasteiger partial charge on any atom is 0.254 e. The Morgan fingerprint density at radius 2 is 2.19 bits per heavy atom. The van der Waals surface area contributed by atoms with Crippen LogP contribution in [0, 0.1) is 9.49 Å². The van der Waals surface area contributed by atoms with Crippen molar-refractivity contribution in [1.82, 2.24) is 19.4 Å². The number of nitrogens with zero attached hydrogens (tertiary/aromatic N) is 4. The van der Waals surface area contributed by atoms with Gasteiger partial charge in [0.25, 0.3) is 5.91 Å². The van der Waals surface area contributed by atoms with Crippen LogP contribution >= 0.6 is 22.6 Å². The molecule has 1 aliphatic rings. The maximum atomic E-state index is 13.1. The Morgan fingerprint density at radius 3 is 2.93 bits per heavy atom. The quantitative estimate of drug-likeness (QED) is 0.381. The highest BCUT2D eigenvalue weighted by molar-refractivity contribution is 14.1. The van der Waals surface area contributed by atoms with E-state index in [2.05, 4.69) is 38.7 Å². The van der Waals surface area contributed by atoms with E-state index in [1.807, 2.05) is 36.4 Å². The minimum absolute atomic E-state index is 0.00796. The molecule has 0 N–H and O–H groups in total. The van der Waals surface area contributed by atoms with Crippen LogP contribution in [0.25, 0.3) is 11.2 Å². The van der Waals surface area contributed by atoms with Crippen molar-refractivity contribution >= 4 is 39.7 Å². The molecule has 0 aliphatic heterocycles. The van der Waals surface area contributed by atoms with Crippen LogP contribution in [0.5, 0.6) is 0 Å². The van der Waals surface area contributed by atoms with Gasteiger partial charge in [-0.1, -0.05) is 12.1 Å². The largest absolute Gasteiger partial charge is 0.327 e. The van der Waals surface area contributed by atoms with Gasteiger partial charge in [-0.2, -0.15) is 0 Å². The zero-order valence-corrected chi connectivity index (χ0v) is 17.2. The van der Waals surface area contributed by atoms with Gasteiger partial charge in [-0.3, -0.25) is 4.79 Å². The molecule has 1 saturated carbocycles. The van der Waals surface area contributed by atoms with Crippen molar-refractivity contribution in [1.29, 1.82) is 0 Å². The van der Waals surface area contributed by atoms with Gasteiger partial charge in [-0.05, 0) is 71.7 Å². The third kappa shape index (κ3) is 4.05. The number of carbonyl (C=O) groups excluding carboxylic acids is 1. The van der Waals surface area contributed by atoms with Gasteiger partial charge in [0.2, 0.25) is 0 Å². The molecule has 1 aliphatic carbocycles. The van der Waals surface area contributed by atoms with E-state index in [1.165, 1.54) is 12.8 Å². The summed E-state index contributed by atoms with van der Waals surface area (Å²) in [7, 11) is 0. The number of rotatable bonds is 7. The maximum absolute atomic E-state index is 13.1. The fourth-order valence-corrected chi connectivity index (χ4v) is 3.77. The highest BCUT2D eigenvalue weighted by Crippen LogP contribution is 2.32. The number of halogens is 1. The van der Waals surface area contributed by atoms with Crippen LogP contribution < -0.4 is 0 Å². The van der Waals surface area contributed by atoms with Crippen molar-refractivity contribution in [2.24, 2.45) is 5.92 Å². The number of hydrogen-bond donors (Lipinski definition) is 0. The molecule has 0 bridgehead atoms. The lowest BCUT2D eigenvalue weighted by Gasteiger charge is -2.21. The summed E-state index contributed by atoms with van der Waals surface area (Å²) >= 11 is 2.23. The lowest BCUT2D eigenvalue weighted by atomic mass is 10.2. The summed E-state index contributed by atoms with van der Waals surface area (Å²) in [5.41, 5.74) is 2.47. The van der Waals surface area contributed by atoms with Gasteiger partial charge in [-0.15, -0.1) is 6.58 Å². The first-order valence-corrected chi connectivity index (χ1v) is 10.2. The Morgan fingerprint density at radius 1 is 1.33 bits per heavy atom.